The zero-order chi connectivity index (χ0) is 16.8. The Morgan fingerprint density at radius 1 is 1.29 bits per heavy atom. The van der Waals surface area contributed by atoms with E-state index in [1.807, 2.05) is 35.5 Å². The average molecular weight is 326 g/mol. The van der Waals surface area contributed by atoms with Gasteiger partial charge in [-0.1, -0.05) is 30.3 Å². The molecule has 1 aliphatic heterocycles. The maximum Gasteiger partial charge on any atom is 0.317 e. The number of nitrogens with zero attached hydrogens (tertiary/aromatic N) is 3. The molecule has 2 heterocycles. The van der Waals surface area contributed by atoms with Gasteiger partial charge < -0.3 is 14.8 Å². The van der Waals surface area contributed by atoms with Gasteiger partial charge in [-0.25, -0.2) is 9.78 Å². The number of nitrogens with one attached hydrogen (secondary N) is 1. The monoisotopic (exact) mass is 326 g/mol. The summed E-state index contributed by atoms with van der Waals surface area (Å²) < 4.78 is 2.14. The highest BCUT2D eigenvalue weighted by molar-refractivity contribution is 5.74. The molecular formula is C19H26N4O. The second kappa shape index (κ2) is 7.99. The third-order valence-corrected chi connectivity index (χ3v) is 4.69. The maximum absolute atomic E-state index is 12.3. The van der Waals surface area contributed by atoms with Crippen molar-refractivity contribution in [2.24, 2.45) is 0 Å². The third-order valence-electron chi connectivity index (χ3n) is 4.69. The summed E-state index contributed by atoms with van der Waals surface area (Å²) in [5.41, 5.74) is 1.25. The second-order valence-corrected chi connectivity index (χ2v) is 6.48. The molecule has 1 unspecified atom stereocenters. The normalized spacial score (nSPS) is 17.7. The Hall–Kier alpha value is -2.30. The number of piperidine rings is 1. The van der Waals surface area contributed by atoms with Gasteiger partial charge in [-0.15, -0.1) is 0 Å². The number of rotatable bonds is 5. The van der Waals surface area contributed by atoms with E-state index >= 15 is 0 Å². The smallest absolute Gasteiger partial charge is 0.317 e. The summed E-state index contributed by atoms with van der Waals surface area (Å²) in [6.45, 7) is 4.43. The van der Waals surface area contributed by atoms with Gasteiger partial charge in [-0.2, -0.15) is 0 Å². The molecule has 1 N–H and O–H groups in total. The van der Waals surface area contributed by atoms with Gasteiger partial charge in [0.2, 0.25) is 0 Å². The van der Waals surface area contributed by atoms with Gasteiger partial charge >= 0.3 is 6.03 Å². The zero-order valence-electron chi connectivity index (χ0n) is 14.3. The molecule has 1 atom stereocenters. The molecule has 1 aliphatic rings. The van der Waals surface area contributed by atoms with E-state index in [0.717, 1.165) is 38.2 Å². The fourth-order valence-corrected chi connectivity index (χ4v) is 3.27. The maximum atomic E-state index is 12.3. The molecule has 1 fully saturated rings. The predicted octanol–water partition coefficient (Wildman–Crippen LogP) is 3.06. The van der Waals surface area contributed by atoms with Crippen molar-refractivity contribution in [2.75, 3.05) is 13.1 Å². The Labute approximate surface area is 143 Å². The summed E-state index contributed by atoms with van der Waals surface area (Å²) in [5, 5.41) is 3.05. The number of hydrogen-bond donors (Lipinski definition) is 1. The van der Waals surface area contributed by atoms with Crippen LogP contribution in [-0.4, -0.2) is 39.6 Å². The Morgan fingerprint density at radius 2 is 2.12 bits per heavy atom. The molecule has 3 rings (SSSR count). The predicted molar refractivity (Wildman–Crippen MR) is 94.9 cm³/mol. The van der Waals surface area contributed by atoms with Crippen molar-refractivity contribution in [3.05, 3.63) is 54.1 Å². The molecule has 5 heteroatoms. The quantitative estimate of drug-likeness (QED) is 0.918. The van der Waals surface area contributed by atoms with E-state index in [9.17, 15) is 4.79 Å². The van der Waals surface area contributed by atoms with Crippen LogP contribution in [0.4, 0.5) is 4.79 Å². The molecule has 0 spiro atoms. The second-order valence-electron chi connectivity index (χ2n) is 6.48. The first-order valence-electron chi connectivity index (χ1n) is 8.82. The van der Waals surface area contributed by atoms with Crippen LogP contribution in [0.25, 0.3) is 0 Å². The lowest BCUT2D eigenvalue weighted by molar-refractivity contribution is 0.158. The molecule has 0 bridgehead atoms. The number of likely N-dealkylation sites (tertiary alicyclic amines) is 1. The minimum Gasteiger partial charge on any atom is -0.338 e. The Bertz CT molecular complexity index is 652. The van der Waals surface area contributed by atoms with Crippen molar-refractivity contribution >= 4 is 6.03 Å². The van der Waals surface area contributed by atoms with Crippen LogP contribution in [0.1, 0.15) is 37.6 Å². The van der Waals surface area contributed by atoms with Gasteiger partial charge in [0.15, 0.2) is 0 Å². The number of imidazole rings is 1. The van der Waals surface area contributed by atoms with Crippen LogP contribution in [-0.2, 0) is 13.0 Å². The highest BCUT2D eigenvalue weighted by Gasteiger charge is 2.22. The minimum absolute atomic E-state index is 0.0587. The number of hydrogen-bond acceptors (Lipinski definition) is 2. The summed E-state index contributed by atoms with van der Waals surface area (Å²) >= 11 is 0. The van der Waals surface area contributed by atoms with E-state index in [1.54, 1.807) is 0 Å². The molecule has 0 radical (unpaired) electrons. The standard InChI is InChI=1S/C19H26N4O/c1-16-7-5-6-13-23(16)19(24)21-11-10-18-20-12-14-22(18)15-17-8-3-2-4-9-17/h2-4,8-9,12,14,16H,5-7,10-11,13,15H2,1H3,(H,21,24). The Morgan fingerprint density at radius 3 is 2.92 bits per heavy atom. The highest BCUT2D eigenvalue weighted by Crippen LogP contribution is 2.16. The van der Waals surface area contributed by atoms with E-state index in [1.165, 1.54) is 12.0 Å². The molecule has 1 aromatic carbocycles. The summed E-state index contributed by atoms with van der Waals surface area (Å²) in [5.74, 6) is 1.01. The van der Waals surface area contributed by atoms with E-state index in [2.05, 4.69) is 33.9 Å². The molecular weight excluding hydrogens is 300 g/mol. The highest BCUT2D eigenvalue weighted by atomic mass is 16.2. The van der Waals surface area contributed by atoms with E-state index in [-0.39, 0.29) is 6.03 Å². The molecule has 0 aliphatic carbocycles. The molecule has 1 saturated heterocycles. The van der Waals surface area contributed by atoms with Crippen LogP contribution in [0, 0.1) is 0 Å². The van der Waals surface area contributed by atoms with Crippen LogP contribution in [0.3, 0.4) is 0 Å². The molecule has 1 aromatic heterocycles. The largest absolute Gasteiger partial charge is 0.338 e. The fraction of sp³-hybridized carbons (Fsp3) is 0.474. The Balaban J connectivity index is 1.50. The van der Waals surface area contributed by atoms with Crippen molar-refractivity contribution in [3.8, 4) is 0 Å². The average Bonchev–Trinajstić information content (AvgIpc) is 3.03. The summed E-state index contributed by atoms with van der Waals surface area (Å²) in [6.07, 6.45) is 8.01. The first kappa shape index (κ1) is 16.6. The number of carbonyl (C=O) groups is 1. The van der Waals surface area contributed by atoms with Gasteiger partial charge in [0.1, 0.15) is 5.82 Å². The number of aromatic nitrogens is 2. The molecule has 5 nitrogen and oxygen atoms in total. The number of carbonyl (C=O) groups excluding carboxylic acids is 1. The summed E-state index contributed by atoms with van der Waals surface area (Å²) in [6, 6.07) is 10.8. The van der Waals surface area contributed by atoms with Crippen LogP contribution < -0.4 is 5.32 Å². The first-order valence-corrected chi connectivity index (χ1v) is 8.82. The van der Waals surface area contributed by atoms with Crippen molar-refractivity contribution in [1.82, 2.24) is 19.8 Å². The first-order chi connectivity index (χ1) is 11.7. The van der Waals surface area contributed by atoms with Gasteiger partial charge in [0, 0.05) is 44.5 Å². The van der Waals surface area contributed by atoms with Gasteiger partial charge in [-0.05, 0) is 31.7 Å². The lowest BCUT2D eigenvalue weighted by Crippen LogP contribution is -2.47. The van der Waals surface area contributed by atoms with Crippen molar-refractivity contribution in [3.63, 3.8) is 0 Å². The molecule has 0 saturated carbocycles. The van der Waals surface area contributed by atoms with Crippen molar-refractivity contribution in [1.29, 1.82) is 0 Å². The van der Waals surface area contributed by atoms with Gasteiger partial charge in [0.05, 0.1) is 0 Å². The van der Waals surface area contributed by atoms with Gasteiger partial charge in [-0.3, -0.25) is 0 Å². The summed E-state index contributed by atoms with van der Waals surface area (Å²) in [4.78, 5) is 18.7. The molecule has 2 amide bonds. The van der Waals surface area contributed by atoms with Gasteiger partial charge in [0.25, 0.3) is 0 Å². The number of amides is 2. The topological polar surface area (TPSA) is 50.2 Å². The van der Waals surface area contributed by atoms with Crippen LogP contribution >= 0.6 is 0 Å². The van der Waals surface area contributed by atoms with E-state index < -0.39 is 0 Å². The SMILES string of the molecule is CC1CCCCN1C(=O)NCCc1nccn1Cc1ccccc1. The van der Waals surface area contributed by atoms with Crippen LogP contribution in [0.2, 0.25) is 0 Å². The number of benzene rings is 1. The zero-order valence-corrected chi connectivity index (χ0v) is 14.3. The summed E-state index contributed by atoms with van der Waals surface area (Å²) in [7, 11) is 0. The molecule has 128 valence electrons. The van der Waals surface area contributed by atoms with Crippen LogP contribution in [0.15, 0.2) is 42.7 Å². The van der Waals surface area contributed by atoms with Crippen LogP contribution in [0.5, 0.6) is 0 Å². The molecule has 2 aromatic rings. The Kier molecular flexibility index (Phi) is 5.51. The fourth-order valence-electron chi connectivity index (χ4n) is 3.27. The molecule has 24 heavy (non-hydrogen) atoms. The lowest BCUT2D eigenvalue weighted by Gasteiger charge is -2.33. The minimum atomic E-state index is 0.0587. The third kappa shape index (κ3) is 4.16. The van der Waals surface area contributed by atoms with Crippen molar-refractivity contribution < 1.29 is 4.79 Å². The van der Waals surface area contributed by atoms with E-state index in [4.69, 9.17) is 0 Å². The van der Waals surface area contributed by atoms with E-state index in [0.29, 0.717) is 12.6 Å². The number of urea groups is 1. The van der Waals surface area contributed by atoms with Crippen molar-refractivity contribution in [2.45, 2.75) is 45.2 Å². The lowest BCUT2D eigenvalue weighted by atomic mass is 10.0.